The molecule has 0 bridgehead atoms. The van der Waals surface area contributed by atoms with Crippen molar-refractivity contribution >= 4 is 29.1 Å². The van der Waals surface area contributed by atoms with Crippen LogP contribution in [0.15, 0.2) is 48.8 Å². The van der Waals surface area contributed by atoms with Gasteiger partial charge in [0.1, 0.15) is 0 Å². The van der Waals surface area contributed by atoms with Gasteiger partial charge in [-0.05, 0) is 49.6 Å². The van der Waals surface area contributed by atoms with E-state index in [1.165, 1.54) is 0 Å². The Kier molecular flexibility index (Phi) is 5.67. The number of rotatable bonds is 4. The zero-order valence-electron chi connectivity index (χ0n) is 16.2. The lowest BCUT2D eigenvalue weighted by Crippen LogP contribution is -2.49. The maximum atomic E-state index is 12.5. The highest BCUT2D eigenvalue weighted by Gasteiger charge is 2.23. The lowest BCUT2D eigenvalue weighted by Gasteiger charge is -2.33. The summed E-state index contributed by atoms with van der Waals surface area (Å²) in [5, 5.41) is 14.1. The van der Waals surface area contributed by atoms with Crippen LogP contribution in [-0.2, 0) is 0 Å². The molecule has 1 aromatic carbocycles. The molecular weight excluding hydrogens is 388 g/mol. The fourth-order valence-electron chi connectivity index (χ4n) is 3.54. The summed E-state index contributed by atoms with van der Waals surface area (Å²) in [7, 11) is 0. The summed E-state index contributed by atoms with van der Waals surface area (Å²) in [6.07, 6.45) is 5.44. The van der Waals surface area contributed by atoms with Gasteiger partial charge in [0.05, 0.1) is 5.69 Å². The first-order chi connectivity index (χ1) is 14.1. The SMILES string of the molecule is Cc1c(Cl)cccc1NC(=O)N[C@@H]1CCCN(c2cc(-c3ccncc3)[nH]n2)C1. The Morgan fingerprint density at radius 2 is 2.10 bits per heavy atom. The molecule has 0 aliphatic carbocycles. The molecule has 0 spiro atoms. The number of nitrogens with one attached hydrogen (secondary N) is 3. The minimum atomic E-state index is -0.221. The average molecular weight is 411 g/mol. The molecule has 150 valence electrons. The number of carbonyl (C=O) groups is 1. The summed E-state index contributed by atoms with van der Waals surface area (Å²) in [6.45, 7) is 3.51. The number of halogens is 1. The number of hydrogen-bond acceptors (Lipinski definition) is 4. The lowest BCUT2D eigenvalue weighted by molar-refractivity contribution is 0.246. The molecule has 3 aromatic rings. The molecule has 0 radical (unpaired) electrons. The third-order valence-corrected chi connectivity index (χ3v) is 5.56. The Morgan fingerprint density at radius 3 is 2.93 bits per heavy atom. The summed E-state index contributed by atoms with van der Waals surface area (Å²) >= 11 is 6.13. The maximum absolute atomic E-state index is 12.5. The first-order valence-corrected chi connectivity index (χ1v) is 10.0. The van der Waals surface area contributed by atoms with Crippen molar-refractivity contribution in [3.63, 3.8) is 0 Å². The number of carbonyl (C=O) groups excluding carboxylic acids is 1. The van der Waals surface area contributed by atoms with E-state index in [0.717, 1.165) is 47.7 Å². The summed E-state index contributed by atoms with van der Waals surface area (Å²) in [5.41, 5.74) is 3.57. The third-order valence-electron chi connectivity index (χ3n) is 5.15. The van der Waals surface area contributed by atoms with Crippen LogP contribution in [0.2, 0.25) is 5.02 Å². The minimum Gasteiger partial charge on any atom is -0.353 e. The Labute approximate surface area is 174 Å². The van der Waals surface area contributed by atoms with E-state index in [1.54, 1.807) is 12.4 Å². The van der Waals surface area contributed by atoms with Crippen molar-refractivity contribution in [1.29, 1.82) is 0 Å². The molecule has 7 nitrogen and oxygen atoms in total. The van der Waals surface area contributed by atoms with Gasteiger partial charge in [0.25, 0.3) is 0 Å². The van der Waals surface area contributed by atoms with Crippen LogP contribution >= 0.6 is 11.6 Å². The largest absolute Gasteiger partial charge is 0.353 e. The van der Waals surface area contributed by atoms with Crippen molar-refractivity contribution in [3.05, 3.63) is 59.4 Å². The van der Waals surface area contributed by atoms with Gasteiger partial charge in [-0.1, -0.05) is 17.7 Å². The number of nitrogens with zero attached hydrogens (tertiary/aromatic N) is 3. The summed E-state index contributed by atoms with van der Waals surface area (Å²) in [4.78, 5) is 18.7. The minimum absolute atomic E-state index is 0.0457. The van der Waals surface area contributed by atoms with Crippen LogP contribution in [-0.4, -0.2) is 40.3 Å². The fraction of sp³-hybridized carbons (Fsp3) is 0.286. The van der Waals surface area contributed by atoms with Crippen molar-refractivity contribution in [2.75, 3.05) is 23.3 Å². The van der Waals surface area contributed by atoms with Gasteiger partial charge < -0.3 is 15.5 Å². The van der Waals surface area contributed by atoms with E-state index in [2.05, 4.69) is 30.7 Å². The Balaban J connectivity index is 1.38. The van der Waals surface area contributed by atoms with Crippen molar-refractivity contribution in [2.45, 2.75) is 25.8 Å². The van der Waals surface area contributed by atoms with Crippen LogP contribution in [0.25, 0.3) is 11.3 Å². The summed E-state index contributed by atoms with van der Waals surface area (Å²) in [5.74, 6) is 0.884. The molecule has 1 aliphatic rings. The molecule has 0 saturated carbocycles. The van der Waals surface area contributed by atoms with Gasteiger partial charge >= 0.3 is 6.03 Å². The lowest BCUT2D eigenvalue weighted by atomic mass is 10.1. The molecule has 29 heavy (non-hydrogen) atoms. The van der Waals surface area contributed by atoms with E-state index in [9.17, 15) is 4.79 Å². The van der Waals surface area contributed by atoms with E-state index in [1.807, 2.05) is 43.3 Å². The number of anilines is 2. The van der Waals surface area contributed by atoms with E-state index >= 15 is 0 Å². The number of hydrogen-bond donors (Lipinski definition) is 3. The van der Waals surface area contributed by atoms with Crippen LogP contribution in [0.4, 0.5) is 16.3 Å². The molecule has 4 rings (SSSR count). The van der Waals surface area contributed by atoms with Gasteiger partial charge in [-0.2, -0.15) is 5.10 Å². The number of H-pyrrole nitrogens is 1. The first-order valence-electron chi connectivity index (χ1n) is 9.63. The second-order valence-corrected chi connectivity index (χ2v) is 7.58. The van der Waals surface area contributed by atoms with Crippen LogP contribution in [0.5, 0.6) is 0 Å². The van der Waals surface area contributed by atoms with E-state index < -0.39 is 0 Å². The molecular formula is C21H23ClN6O. The second kappa shape index (κ2) is 8.53. The van der Waals surface area contributed by atoms with Crippen molar-refractivity contribution in [2.24, 2.45) is 0 Å². The van der Waals surface area contributed by atoms with Crippen LogP contribution in [0.3, 0.4) is 0 Å². The molecule has 1 saturated heterocycles. The molecule has 2 aromatic heterocycles. The highest BCUT2D eigenvalue weighted by molar-refractivity contribution is 6.31. The third kappa shape index (κ3) is 4.51. The summed E-state index contributed by atoms with van der Waals surface area (Å²) in [6, 6.07) is 11.2. The first kappa shape index (κ1) is 19.3. The molecule has 0 unspecified atom stereocenters. The van der Waals surface area contributed by atoms with Crippen LogP contribution in [0, 0.1) is 6.92 Å². The van der Waals surface area contributed by atoms with Crippen molar-refractivity contribution < 1.29 is 4.79 Å². The number of urea groups is 1. The van der Waals surface area contributed by atoms with E-state index in [4.69, 9.17) is 11.6 Å². The average Bonchev–Trinajstić information content (AvgIpc) is 3.23. The normalized spacial score (nSPS) is 16.5. The summed E-state index contributed by atoms with van der Waals surface area (Å²) < 4.78 is 0. The number of aromatic amines is 1. The van der Waals surface area contributed by atoms with Gasteiger partial charge in [0.2, 0.25) is 0 Å². The molecule has 2 amide bonds. The predicted octanol–water partition coefficient (Wildman–Crippen LogP) is 4.22. The smallest absolute Gasteiger partial charge is 0.319 e. The second-order valence-electron chi connectivity index (χ2n) is 7.17. The van der Waals surface area contributed by atoms with Crippen LogP contribution in [0.1, 0.15) is 18.4 Å². The van der Waals surface area contributed by atoms with Crippen molar-refractivity contribution in [3.8, 4) is 11.3 Å². The van der Waals surface area contributed by atoms with Crippen molar-refractivity contribution in [1.82, 2.24) is 20.5 Å². The van der Waals surface area contributed by atoms with Gasteiger partial charge in [-0.25, -0.2) is 4.79 Å². The number of benzene rings is 1. The quantitative estimate of drug-likeness (QED) is 0.601. The zero-order valence-corrected chi connectivity index (χ0v) is 16.9. The number of piperidine rings is 1. The number of pyridine rings is 1. The molecule has 1 aliphatic heterocycles. The Hall–Kier alpha value is -3.06. The maximum Gasteiger partial charge on any atom is 0.319 e. The van der Waals surface area contributed by atoms with Gasteiger partial charge in [-0.3, -0.25) is 10.1 Å². The Morgan fingerprint density at radius 1 is 1.28 bits per heavy atom. The monoisotopic (exact) mass is 410 g/mol. The fourth-order valence-corrected chi connectivity index (χ4v) is 3.72. The topological polar surface area (TPSA) is 85.9 Å². The van der Waals surface area contributed by atoms with Crippen LogP contribution < -0.4 is 15.5 Å². The number of amides is 2. The number of aromatic nitrogens is 3. The molecule has 3 N–H and O–H groups in total. The Bertz CT molecular complexity index is 990. The molecule has 1 fully saturated rings. The van der Waals surface area contributed by atoms with E-state index in [0.29, 0.717) is 11.6 Å². The standard InChI is InChI=1S/C21H23ClN6O/c1-14-17(22)5-2-6-18(14)25-21(29)24-16-4-3-11-28(13-16)20-12-19(26-27-20)15-7-9-23-10-8-15/h2,5-10,12,16H,3-4,11,13H2,1H3,(H,26,27)(H2,24,25,29)/t16-/m1/s1. The predicted molar refractivity (Wildman–Crippen MR) is 115 cm³/mol. The molecule has 1 atom stereocenters. The molecule has 3 heterocycles. The van der Waals surface area contributed by atoms with Gasteiger partial charge in [0, 0.05) is 53.9 Å². The highest BCUT2D eigenvalue weighted by Crippen LogP contribution is 2.25. The van der Waals surface area contributed by atoms with Gasteiger partial charge in [0.15, 0.2) is 5.82 Å². The molecule has 8 heteroatoms. The zero-order chi connectivity index (χ0) is 20.2. The van der Waals surface area contributed by atoms with Gasteiger partial charge in [-0.15, -0.1) is 0 Å². The highest BCUT2D eigenvalue weighted by atomic mass is 35.5. The van der Waals surface area contributed by atoms with E-state index in [-0.39, 0.29) is 12.1 Å².